The third-order valence-electron chi connectivity index (χ3n) is 2.92. The Bertz CT molecular complexity index is 605. The third kappa shape index (κ3) is 2.60. The smallest absolute Gasteiger partial charge is 0.162 e. The summed E-state index contributed by atoms with van der Waals surface area (Å²) in [6, 6.07) is 6.02. The predicted octanol–water partition coefficient (Wildman–Crippen LogP) is 3.73. The summed E-state index contributed by atoms with van der Waals surface area (Å²) in [6.45, 7) is 3.30. The number of thioether (sulfide) groups is 1. The molecule has 2 aromatic rings. The Morgan fingerprint density at radius 2 is 2.05 bits per heavy atom. The molecular weight excluding hydrogens is 282 g/mol. The van der Waals surface area contributed by atoms with E-state index in [-0.39, 0.29) is 0 Å². The van der Waals surface area contributed by atoms with Gasteiger partial charge in [-0.15, -0.1) is 23.4 Å². The number of fused-ring (bicyclic) bond motifs is 2. The second-order valence-electron chi connectivity index (χ2n) is 4.42. The summed E-state index contributed by atoms with van der Waals surface area (Å²) in [7, 11) is 0. The van der Waals surface area contributed by atoms with Crippen molar-refractivity contribution in [3.05, 3.63) is 24.4 Å². The number of aromatic nitrogens is 1. The van der Waals surface area contributed by atoms with E-state index in [1.807, 2.05) is 24.4 Å². The number of hydrogen-bond acceptors (Lipinski definition) is 4. The number of benzene rings is 1. The van der Waals surface area contributed by atoms with Crippen molar-refractivity contribution < 1.29 is 9.47 Å². The molecule has 19 heavy (non-hydrogen) atoms. The van der Waals surface area contributed by atoms with Crippen molar-refractivity contribution in [3.63, 3.8) is 0 Å². The zero-order chi connectivity index (χ0) is 13.2. The van der Waals surface area contributed by atoms with Crippen LogP contribution in [0, 0.1) is 0 Å². The average molecular weight is 296 g/mol. The van der Waals surface area contributed by atoms with Gasteiger partial charge in [0.1, 0.15) is 18.2 Å². The van der Waals surface area contributed by atoms with Crippen molar-refractivity contribution in [3.8, 4) is 11.5 Å². The van der Waals surface area contributed by atoms with Crippen LogP contribution in [0.25, 0.3) is 10.8 Å². The first-order valence-electron chi connectivity index (χ1n) is 6.19. The van der Waals surface area contributed by atoms with E-state index in [0.717, 1.165) is 27.3 Å². The maximum atomic E-state index is 5.88. The van der Waals surface area contributed by atoms with Gasteiger partial charge in [0.15, 0.2) is 11.5 Å². The molecule has 0 bridgehead atoms. The summed E-state index contributed by atoms with van der Waals surface area (Å²) in [4.78, 5) is 4.45. The number of nitrogens with zero attached hydrogens (tertiary/aromatic N) is 1. The van der Waals surface area contributed by atoms with Gasteiger partial charge in [0.2, 0.25) is 0 Å². The van der Waals surface area contributed by atoms with Crippen LogP contribution in [0.1, 0.15) is 6.92 Å². The Morgan fingerprint density at radius 3 is 2.79 bits per heavy atom. The highest BCUT2D eigenvalue weighted by Crippen LogP contribution is 2.38. The maximum Gasteiger partial charge on any atom is 0.162 e. The van der Waals surface area contributed by atoms with Gasteiger partial charge in [0.05, 0.1) is 0 Å². The molecule has 1 aromatic heterocycles. The Kier molecular flexibility index (Phi) is 3.71. The number of ether oxygens (including phenoxy) is 2. The van der Waals surface area contributed by atoms with E-state index in [1.165, 1.54) is 0 Å². The number of rotatable bonds is 3. The Balaban J connectivity index is 2.08. The quantitative estimate of drug-likeness (QED) is 0.638. The molecule has 3 rings (SSSR count). The summed E-state index contributed by atoms with van der Waals surface area (Å²) in [5.74, 6) is 2.21. The second kappa shape index (κ2) is 5.47. The van der Waals surface area contributed by atoms with Crippen LogP contribution in [0.2, 0.25) is 0 Å². The van der Waals surface area contributed by atoms with Crippen LogP contribution in [0.4, 0.5) is 0 Å². The number of halogens is 1. The van der Waals surface area contributed by atoms with E-state index in [4.69, 9.17) is 21.1 Å². The molecule has 0 saturated heterocycles. The first-order valence-corrected chi connectivity index (χ1v) is 7.60. The summed E-state index contributed by atoms with van der Waals surface area (Å²) in [5.41, 5.74) is 0. The lowest BCUT2D eigenvalue weighted by molar-refractivity contribution is 0.172. The molecule has 0 saturated carbocycles. The normalized spacial score (nSPS) is 15.5. The molecule has 0 aliphatic carbocycles. The Labute approximate surface area is 121 Å². The molecule has 1 unspecified atom stereocenters. The summed E-state index contributed by atoms with van der Waals surface area (Å²) >= 11 is 7.56. The summed E-state index contributed by atoms with van der Waals surface area (Å²) < 4.78 is 11.2. The molecule has 1 aliphatic rings. The van der Waals surface area contributed by atoms with Crippen molar-refractivity contribution in [2.45, 2.75) is 17.2 Å². The molecule has 2 heterocycles. The third-order valence-corrected chi connectivity index (χ3v) is 4.68. The highest BCUT2D eigenvalue weighted by molar-refractivity contribution is 8.00. The van der Waals surface area contributed by atoms with Crippen molar-refractivity contribution in [1.82, 2.24) is 4.98 Å². The van der Waals surface area contributed by atoms with Crippen LogP contribution < -0.4 is 9.47 Å². The number of hydrogen-bond donors (Lipinski definition) is 0. The van der Waals surface area contributed by atoms with Gasteiger partial charge in [-0.2, -0.15) is 0 Å². The molecule has 1 aromatic carbocycles. The zero-order valence-corrected chi connectivity index (χ0v) is 12.1. The lowest BCUT2D eigenvalue weighted by Crippen LogP contribution is -2.15. The van der Waals surface area contributed by atoms with Gasteiger partial charge >= 0.3 is 0 Å². The highest BCUT2D eigenvalue weighted by atomic mass is 35.5. The lowest BCUT2D eigenvalue weighted by atomic mass is 10.1. The Hall–Kier alpha value is -1.13. The fourth-order valence-corrected chi connectivity index (χ4v) is 3.06. The SMILES string of the molecule is CC(CCl)Sc1nccc2cc3c(cc12)OCCO3. The van der Waals surface area contributed by atoms with E-state index in [1.54, 1.807) is 11.8 Å². The van der Waals surface area contributed by atoms with Crippen LogP contribution in [-0.2, 0) is 0 Å². The van der Waals surface area contributed by atoms with Gasteiger partial charge in [0, 0.05) is 22.7 Å². The number of pyridine rings is 1. The molecule has 0 radical (unpaired) electrons. The van der Waals surface area contributed by atoms with E-state index < -0.39 is 0 Å². The van der Waals surface area contributed by atoms with Crippen molar-refractivity contribution in [1.29, 1.82) is 0 Å². The van der Waals surface area contributed by atoms with Crippen molar-refractivity contribution >= 4 is 34.1 Å². The van der Waals surface area contributed by atoms with E-state index in [9.17, 15) is 0 Å². The van der Waals surface area contributed by atoms with Gasteiger partial charge in [-0.05, 0) is 23.6 Å². The fraction of sp³-hybridized carbons (Fsp3) is 0.357. The minimum absolute atomic E-state index is 0.327. The lowest BCUT2D eigenvalue weighted by Gasteiger charge is -2.19. The van der Waals surface area contributed by atoms with Crippen molar-refractivity contribution in [2.24, 2.45) is 0 Å². The molecule has 1 atom stereocenters. The Morgan fingerprint density at radius 1 is 1.32 bits per heavy atom. The van der Waals surface area contributed by atoms with E-state index in [0.29, 0.717) is 24.3 Å². The molecule has 0 fully saturated rings. The van der Waals surface area contributed by atoms with Crippen molar-refractivity contribution in [2.75, 3.05) is 19.1 Å². The summed E-state index contributed by atoms with van der Waals surface area (Å²) in [6.07, 6.45) is 1.82. The van der Waals surface area contributed by atoms with Crippen LogP contribution in [-0.4, -0.2) is 29.3 Å². The summed E-state index contributed by atoms with van der Waals surface area (Å²) in [5, 5.41) is 3.52. The van der Waals surface area contributed by atoms with Gasteiger partial charge in [-0.25, -0.2) is 4.98 Å². The monoisotopic (exact) mass is 295 g/mol. The van der Waals surface area contributed by atoms with Gasteiger partial charge in [0.25, 0.3) is 0 Å². The van der Waals surface area contributed by atoms with Gasteiger partial charge in [-0.3, -0.25) is 0 Å². The second-order valence-corrected chi connectivity index (χ2v) is 6.15. The molecule has 100 valence electrons. The molecule has 1 aliphatic heterocycles. The van der Waals surface area contributed by atoms with Crippen LogP contribution >= 0.6 is 23.4 Å². The molecule has 0 N–H and O–H groups in total. The minimum Gasteiger partial charge on any atom is -0.486 e. The molecule has 3 nitrogen and oxygen atoms in total. The predicted molar refractivity (Wildman–Crippen MR) is 78.8 cm³/mol. The largest absolute Gasteiger partial charge is 0.486 e. The molecular formula is C14H14ClNO2S. The van der Waals surface area contributed by atoms with Crippen LogP contribution in [0.5, 0.6) is 11.5 Å². The van der Waals surface area contributed by atoms with Gasteiger partial charge < -0.3 is 9.47 Å². The highest BCUT2D eigenvalue weighted by Gasteiger charge is 2.15. The minimum atomic E-state index is 0.327. The maximum absolute atomic E-state index is 5.88. The first-order chi connectivity index (χ1) is 9.28. The topological polar surface area (TPSA) is 31.4 Å². The van der Waals surface area contributed by atoms with Gasteiger partial charge in [-0.1, -0.05) is 6.92 Å². The fourth-order valence-electron chi connectivity index (χ4n) is 2.00. The first kappa shape index (κ1) is 12.9. The zero-order valence-electron chi connectivity index (χ0n) is 10.6. The van der Waals surface area contributed by atoms with E-state index >= 15 is 0 Å². The molecule has 0 spiro atoms. The van der Waals surface area contributed by atoms with Crippen LogP contribution in [0.15, 0.2) is 29.4 Å². The molecule has 5 heteroatoms. The van der Waals surface area contributed by atoms with Crippen LogP contribution in [0.3, 0.4) is 0 Å². The molecule has 0 amide bonds. The van der Waals surface area contributed by atoms with E-state index in [2.05, 4.69) is 11.9 Å². The standard InChI is InChI=1S/C14H14ClNO2S/c1-9(8-15)19-14-11-7-13-12(17-4-5-18-13)6-10(11)2-3-16-14/h2-3,6-7,9H,4-5,8H2,1H3. The number of alkyl halides is 1. The average Bonchev–Trinajstić information content (AvgIpc) is 2.45.